The average Bonchev–Trinajstić information content (AvgIpc) is 2.16. The van der Waals surface area contributed by atoms with Gasteiger partial charge >= 0.3 is 0 Å². The summed E-state index contributed by atoms with van der Waals surface area (Å²) in [4.78, 5) is 0.624. The molecule has 1 aromatic carbocycles. The highest BCUT2D eigenvalue weighted by atomic mass is 35.5. The van der Waals surface area contributed by atoms with E-state index in [0.29, 0.717) is 10.0 Å². The molecule has 1 aromatic rings. The molecule has 0 fully saturated rings. The monoisotopic (exact) mass is 215 g/mol. The minimum atomic E-state index is 0.624. The fourth-order valence-electron chi connectivity index (χ4n) is 0.992. The molecule has 0 atom stereocenters. The van der Waals surface area contributed by atoms with E-state index in [0.717, 1.165) is 11.3 Å². The van der Waals surface area contributed by atoms with Crippen LogP contribution in [0.15, 0.2) is 18.2 Å². The summed E-state index contributed by atoms with van der Waals surface area (Å²) in [6.07, 6.45) is 0. The summed E-state index contributed by atoms with van der Waals surface area (Å²) >= 11 is 10.9. The van der Waals surface area contributed by atoms with E-state index in [9.17, 15) is 0 Å². The Balaban J connectivity index is 3.15. The molecule has 0 spiro atoms. The van der Waals surface area contributed by atoms with Crippen molar-refractivity contribution < 1.29 is 4.74 Å². The molecule has 0 radical (unpaired) electrons. The number of benzene rings is 1. The zero-order chi connectivity index (χ0) is 9.84. The lowest BCUT2D eigenvalue weighted by Gasteiger charge is -2.09. The minimum Gasteiger partial charge on any atom is -0.496 e. The Morgan fingerprint density at radius 1 is 1.54 bits per heavy atom. The molecule has 0 aliphatic heterocycles. The van der Waals surface area contributed by atoms with Crippen LogP contribution in [0.25, 0.3) is 0 Å². The summed E-state index contributed by atoms with van der Waals surface area (Å²) < 4.78 is 5.14. The molecular weight excluding hydrogens is 206 g/mol. The molecule has 1 N–H and O–H groups in total. The number of hydrogen-bond acceptors (Lipinski definition) is 2. The van der Waals surface area contributed by atoms with E-state index in [1.807, 2.05) is 0 Å². The van der Waals surface area contributed by atoms with E-state index in [1.54, 1.807) is 32.4 Å². The maximum atomic E-state index is 5.83. The van der Waals surface area contributed by atoms with E-state index in [4.69, 9.17) is 28.6 Å². The molecule has 0 aliphatic carbocycles. The number of ether oxygens (including phenoxy) is 1. The first-order valence-electron chi connectivity index (χ1n) is 3.74. The summed E-state index contributed by atoms with van der Waals surface area (Å²) in [7, 11) is 3.37. The number of rotatable bonds is 2. The molecular formula is C9H10ClNOS. The maximum absolute atomic E-state index is 5.83. The van der Waals surface area contributed by atoms with Crippen molar-refractivity contribution >= 4 is 28.8 Å². The van der Waals surface area contributed by atoms with Crippen molar-refractivity contribution in [1.82, 2.24) is 5.32 Å². The van der Waals surface area contributed by atoms with Gasteiger partial charge in [0.2, 0.25) is 0 Å². The molecule has 0 unspecified atom stereocenters. The Morgan fingerprint density at radius 3 is 2.77 bits per heavy atom. The average molecular weight is 216 g/mol. The van der Waals surface area contributed by atoms with Gasteiger partial charge in [-0.15, -0.1) is 0 Å². The fourth-order valence-corrected chi connectivity index (χ4v) is 1.32. The first kappa shape index (κ1) is 10.3. The lowest BCUT2D eigenvalue weighted by Crippen LogP contribution is -2.17. The maximum Gasteiger partial charge on any atom is 0.129 e. The van der Waals surface area contributed by atoms with Gasteiger partial charge in [0.25, 0.3) is 0 Å². The molecule has 0 saturated carbocycles. The predicted octanol–water partition coefficient (Wildman–Crippen LogP) is 2.24. The van der Waals surface area contributed by atoms with Crippen LogP contribution < -0.4 is 10.1 Å². The fraction of sp³-hybridized carbons (Fsp3) is 0.222. The first-order chi connectivity index (χ1) is 6.19. The third-order valence-electron chi connectivity index (χ3n) is 1.63. The summed E-state index contributed by atoms with van der Waals surface area (Å²) in [5.74, 6) is 0.726. The lowest BCUT2D eigenvalue weighted by atomic mass is 10.2. The lowest BCUT2D eigenvalue weighted by molar-refractivity contribution is 0.414. The van der Waals surface area contributed by atoms with Gasteiger partial charge in [0, 0.05) is 12.1 Å². The molecule has 2 nitrogen and oxygen atoms in total. The van der Waals surface area contributed by atoms with Crippen LogP contribution in [0.4, 0.5) is 0 Å². The Bertz CT molecular complexity index is 327. The third kappa shape index (κ3) is 2.32. The minimum absolute atomic E-state index is 0.624. The van der Waals surface area contributed by atoms with Crippen molar-refractivity contribution in [2.24, 2.45) is 0 Å². The van der Waals surface area contributed by atoms with Crippen molar-refractivity contribution in [3.8, 4) is 5.75 Å². The van der Waals surface area contributed by atoms with Gasteiger partial charge in [-0.25, -0.2) is 0 Å². The number of thiocarbonyl (C=S) groups is 1. The van der Waals surface area contributed by atoms with Crippen LogP contribution in [-0.4, -0.2) is 19.1 Å². The van der Waals surface area contributed by atoms with Gasteiger partial charge in [-0.1, -0.05) is 23.8 Å². The second-order valence-corrected chi connectivity index (χ2v) is 3.27. The van der Waals surface area contributed by atoms with Crippen LogP contribution in [0.2, 0.25) is 5.02 Å². The quantitative estimate of drug-likeness (QED) is 0.765. The summed E-state index contributed by atoms with van der Waals surface area (Å²) in [5.41, 5.74) is 0.813. The number of halogens is 1. The summed E-state index contributed by atoms with van der Waals surface area (Å²) in [6.45, 7) is 0. The van der Waals surface area contributed by atoms with Crippen LogP contribution in [0.3, 0.4) is 0 Å². The van der Waals surface area contributed by atoms with Crippen LogP contribution in [0, 0.1) is 0 Å². The molecule has 0 amide bonds. The SMILES string of the molecule is CNC(=S)c1cc(Cl)ccc1OC. The van der Waals surface area contributed by atoms with Crippen molar-refractivity contribution in [1.29, 1.82) is 0 Å². The molecule has 1 rings (SSSR count). The van der Waals surface area contributed by atoms with E-state index in [2.05, 4.69) is 5.32 Å². The third-order valence-corrected chi connectivity index (χ3v) is 2.29. The standard InChI is InChI=1S/C9H10ClNOS/c1-11-9(13)7-5-6(10)3-4-8(7)12-2/h3-5H,1-2H3,(H,11,13). The number of hydrogen-bond donors (Lipinski definition) is 1. The molecule has 0 aromatic heterocycles. The molecule has 0 saturated heterocycles. The second-order valence-electron chi connectivity index (χ2n) is 2.42. The van der Waals surface area contributed by atoms with Crippen molar-refractivity contribution in [2.45, 2.75) is 0 Å². The normalized spacial score (nSPS) is 9.46. The van der Waals surface area contributed by atoms with E-state index < -0.39 is 0 Å². The molecule has 0 aliphatic rings. The largest absolute Gasteiger partial charge is 0.496 e. The number of methoxy groups -OCH3 is 1. The summed E-state index contributed by atoms with van der Waals surface area (Å²) in [6, 6.07) is 5.34. The highest BCUT2D eigenvalue weighted by molar-refractivity contribution is 7.80. The zero-order valence-electron chi connectivity index (χ0n) is 7.43. The van der Waals surface area contributed by atoms with Crippen molar-refractivity contribution in [3.63, 3.8) is 0 Å². The van der Waals surface area contributed by atoms with Gasteiger partial charge in [-0.3, -0.25) is 0 Å². The highest BCUT2D eigenvalue weighted by Gasteiger charge is 2.06. The van der Waals surface area contributed by atoms with E-state index in [1.165, 1.54) is 0 Å². The van der Waals surface area contributed by atoms with Gasteiger partial charge in [-0.2, -0.15) is 0 Å². The summed E-state index contributed by atoms with van der Waals surface area (Å²) in [5, 5.41) is 3.52. The first-order valence-corrected chi connectivity index (χ1v) is 4.53. The molecule has 0 heterocycles. The Hall–Kier alpha value is -0.800. The van der Waals surface area contributed by atoms with Crippen molar-refractivity contribution in [3.05, 3.63) is 28.8 Å². The predicted molar refractivity (Wildman–Crippen MR) is 58.8 cm³/mol. The molecule has 4 heteroatoms. The Kier molecular flexibility index (Phi) is 3.51. The zero-order valence-corrected chi connectivity index (χ0v) is 9.00. The van der Waals surface area contributed by atoms with Crippen LogP contribution in [-0.2, 0) is 0 Å². The Morgan fingerprint density at radius 2 is 2.23 bits per heavy atom. The van der Waals surface area contributed by atoms with Gasteiger partial charge in [0.15, 0.2) is 0 Å². The van der Waals surface area contributed by atoms with Gasteiger partial charge in [0.05, 0.1) is 12.7 Å². The molecule has 70 valence electrons. The van der Waals surface area contributed by atoms with Gasteiger partial charge in [0.1, 0.15) is 10.7 Å². The highest BCUT2D eigenvalue weighted by Crippen LogP contribution is 2.22. The van der Waals surface area contributed by atoms with Crippen LogP contribution >= 0.6 is 23.8 Å². The van der Waals surface area contributed by atoms with E-state index in [-0.39, 0.29) is 0 Å². The molecule has 0 bridgehead atoms. The van der Waals surface area contributed by atoms with Gasteiger partial charge < -0.3 is 10.1 Å². The van der Waals surface area contributed by atoms with Crippen molar-refractivity contribution in [2.75, 3.05) is 14.2 Å². The van der Waals surface area contributed by atoms with E-state index >= 15 is 0 Å². The van der Waals surface area contributed by atoms with Gasteiger partial charge in [-0.05, 0) is 18.2 Å². The smallest absolute Gasteiger partial charge is 0.129 e. The Labute approximate surface area is 87.9 Å². The topological polar surface area (TPSA) is 21.3 Å². The van der Waals surface area contributed by atoms with Crippen LogP contribution in [0.1, 0.15) is 5.56 Å². The van der Waals surface area contributed by atoms with Crippen LogP contribution in [0.5, 0.6) is 5.75 Å². The second kappa shape index (κ2) is 4.44. The molecule has 13 heavy (non-hydrogen) atoms. The number of nitrogens with one attached hydrogen (secondary N) is 1.